The number of anilines is 1. The van der Waals surface area contributed by atoms with Crippen LogP contribution in [0.2, 0.25) is 0 Å². The van der Waals surface area contributed by atoms with Crippen LogP contribution in [0.15, 0.2) is 60.9 Å². The number of likely N-dealkylation sites (N-methyl/N-ethyl adjacent to an activating group) is 1. The molecule has 0 spiro atoms. The third-order valence-electron chi connectivity index (χ3n) is 7.14. The second kappa shape index (κ2) is 12.1. The van der Waals surface area contributed by atoms with E-state index < -0.39 is 23.6 Å². The summed E-state index contributed by atoms with van der Waals surface area (Å²) >= 11 is 0. The minimum atomic E-state index is -4.56. The van der Waals surface area contributed by atoms with Crippen LogP contribution in [0.25, 0.3) is 11.5 Å². The molecule has 42 heavy (non-hydrogen) atoms. The minimum Gasteiger partial charge on any atom is -0.322 e. The fraction of sp³-hybridized carbons (Fsp3) is 0.258. The van der Waals surface area contributed by atoms with E-state index in [4.69, 9.17) is 0 Å². The van der Waals surface area contributed by atoms with Crippen LogP contribution in [0.4, 0.5) is 23.2 Å². The highest BCUT2D eigenvalue weighted by Crippen LogP contribution is 2.35. The zero-order chi connectivity index (χ0) is 29.9. The smallest absolute Gasteiger partial charge is 0.322 e. The van der Waals surface area contributed by atoms with Gasteiger partial charge in [0.25, 0.3) is 5.91 Å². The Morgan fingerprint density at radius 1 is 1.10 bits per heavy atom. The van der Waals surface area contributed by atoms with Gasteiger partial charge in [-0.15, -0.1) is 0 Å². The summed E-state index contributed by atoms with van der Waals surface area (Å²) < 4.78 is 55.0. The van der Waals surface area contributed by atoms with Gasteiger partial charge in [0, 0.05) is 54.3 Å². The molecule has 0 saturated carbocycles. The van der Waals surface area contributed by atoms with Gasteiger partial charge in [-0.2, -0.15) is 17.6 Å². The van der Waals surface area contributed by atoms with Gasteiger partial charge in [-0.1, -0.05) is 24.0 Å². The van der Waals surface area contributed by atoms with E-state index in [1.54, 1.807) is 30.3 Å². The van der Waals surface area contributed by atoms with Gasteiger partial charge >= 0.3 is 6.18 Å². The van der Waals surface area contributed by atoms with Crippen LogP contribution in [-0.2, 0) is 12.7 Å². The lowest BCUT2D eigenvalue weighted by molar-refractivity contribution is -0.138. The molecule has 1 aliphatic rings. The Hall–Kier alpha value is -4.53. The molecule has 0 aliphatic carbocycles. The summed E-state index contributed by atoms with van der Waals surface area (Å²) in [7, 11) is 1.85. The van der Waals surface area contributed by atoms with Crippen molar-refractivity contribution in [3.05, 3.63) is 100 Å². The SMILES string of the molecule is CN[C@H]1CCN(Cc2ccc(NC(=O)c3ccc(C)c(C#Cc4ccc(-c5ncc(F)[nH]5)nc4)c3)cc2C(F)(F)F)C1. The molecule has 11 heteroatoms. The van der Waals surface area contributed by atoms with Gasteiger partial charge in [0.05, 0.1) is 11.8 Å². The Balaban J connectivity index is 1.31. The van der Waals surface area contributed by atoms with E-state index in [1.165, 1.54) is 18.3 Å². The van der Waals surface area contributed by atoms with E-state index in [-0.39, 0.29) is 29.4 Å². The van der Waals surface area contributed by atoms with Crippen LogP contribution >= 0.6 is 0 Å². The van der Waals surface area contributed by atoms with E-state index in [0.29, 0.717) is 35.7 Å². The maximum atomic E-state index is 14.0. The molecule has 1 aliphatic heterocycles. The van der Waals surface area contributed by atoms with Gasteiger partial charge in [-0.3, -0.25) is 14.7 Å². The first kappa shape index (κ1) is 29.0. The molecule has 1 fully saturated rings. The number of carbonyl (C=O) groups excluding carboxylic acids is 1. The number of aromatic nitrogens is 3. The van der Waals surface area contributed by atoms with Crippen LogP contribution in [0, 0.1) is 24.7 Å². The van der Waals surface area contributed by atoms with E-state index in [0.717, 1.165) is 24.2 Å². The monoisotopic (exact) mass is 576 g/mol. The quantitative estimate of drug-likeness (QED) is 0.212. The summed E-state index contributed by atoms with van der Waals surface area (Å²) in [5.74, 6) is 5.19. The average Bonchev–Trinajstić information content (AvgIpc) is 3.61. The van der Waals surface area contributed by atoms with Crippen molar-refractivity contribution in [1.29, 1.82) is 0 Å². The second-order valence-corrected chi connectivity index (χ2v) is 10.1. The molecular formula is C31H28F4N6O. The van der Waals surface area contributed by atoms with Gasteiger partial charge in [0.2, 0.25) is 5.95 Å². The topological polar surface area (TPSA) is 85.9 Å². The standard InChI is InChI=1S/C31H28F4N6O/c1-19-3-6-22(13-21(19)7-4-20-5-10-27(37-15-20)29-38-16-28(32)40-29)30(42)39-24-9-8-23(26(14-24)31(33,34)35)17-41-12-11-25(18-41)36-2/h3,5-6,8-10,13-16,25,36H,11-12,17-18H2,1-2H3,(H,38,40)(H,39,42)/t25-/m0/s1. The second-order valence-electron chi connectivity index (χ2n) is 10.1. The zero-order valence-electron chi connectivity index (χ0n) is 22.9. The summed E-state index contributed by atoms with van der Waals surface area (Å²) in [5, 5.41) is 5.76. The third-order valence-corrected chi connectivity index (χ3v) is 7.14. The van der Waals surface area contributed by atoms with Crippen molar-refractivity contribution < 1.29 is 22.4 Å². The molecule has 0 unspecified atom stereocenters. The highest BCUT2D eigenvalue weighted by molar-refractivity contribution is 6.04. The lowest BCUT2D eigenvalue weighted by atomic mass is 10.0. The fourth-order valence-electron chi connectivity index (χ4n) is 4.79. The predicted molar refractivity (Wildman–Crippen MR) is 151 cm³/mol. The molecule has 3 N–H and O–H groups in total. The first-order valence-corrected chi connectivity index (χ1v) is 13.3. The van der Waals surface area contributed by atoms with Crippen molar-refractivity contribution >= 4 is 11.6 Å². The van der Waals surface area contributed by atoms with Crippen molar-refractivity contribution in [2.24, 2.45) is 0 Å². The van der Waals surface area contributed by atoms with Crippen molar-refractivity contribution in [2.45, 2.75) is 32.1 Å². The van der Waals surface area contributed by atoms with Crippen LogP contribution < -0.4 is 10.6 Å². The maximum absolute atomic E-state index is 14.0. The first-order chi connectivity index (χ1) is 20.1. The molecular weight excluding hydrogens is 548 g/mol. The highest BCUT2D eigenvalue weighted by Gasteiger charge is 2.34. The lowest BCUT2D eigenvalue weighted by Crippen LogP contribution is -2.29. The Morgan fingerprint density at radius 2 is 1.93 bits per heavy atom. The maximum Gasteiger partial charge on any atom is 0.416 e. The predicted octanol–water partition coefficient (Wildman–Crippen LogP) is 5.38. The number of halogens is 4. The van der Waals surface area contributed by atoms with Crippen LogP contribution in [0.1, 0.15) is 44.6 Å². The van der Waals surface area contributed by atoms with Crippen molar-refractivity contribution in [3.63, 3.8) is 0 Å². The number of benzene rings is 2. The molecule has 2 aromatic carbocycles. The third kappa shape index (κ3) is 6.84. The number of hydrogen-bond donors (Lipinski definition) is 3. The average molecular weight is 577 g/mol. The molecule has 1 saturated heterocycles. The number of likely N-dealkylation sites (tertiary alicyclic amines) is 1. The molecule has 0 radical (unpaired) electrons. The summed E-state index contributed by atoms with van der Waals surface area (Å²) in [5.41, 5.74) is 2.17. The van der Waals surface area contributed by atoms with E-state index >= 15 is 0 Å². The van der Waals surface area contributed by atoms with Crippen molar-refractivity contribution in [1.82, 2.24) is 25.2 Å². The summed E-state index contributed by atoms with van der Waals surface area (Å²) in [6.07, 6.45) is -1.09. The number of aryl methyl sites for hydroxylation is 1. The molecule has 1 amide bonds. The molecule has 216 valence electrons. The zero-order valence-corrected chi connectivity index (χ0v) is 22.9. The number of carbonyl (C=O) groups is 1. The number of rotatable bonds is 6. The number of alkyl halides is 3. The number of pyridine rings is 1. The number of nitrogens with one attached hydrogen (secondary N) is 3. The van der Waals surface area contributed by atoms with E-state index in [1.807, 2.05) is 18.9 Å². The van der Waals surface area contributed by atoms with Gasteiger partial charge < -0.3 is 15.6 Å². The Morgan fingerprint density at radius 3 is 2.60 bits per heavy atom. The van der Waals surface area contributed by atoms with Crippen molar-refractivity contribution in [2.75, 3.05) is 25.5 Å². The number of amides is 1. The normalized spacial score (nSPS) is 15.3. The molecule has 7 nitrogen and oxygen atoms in total. The largest absolute Gasteiger partial charge is 0.416 e. The van der Waals surface area contributed by atoms with E-state index in [9.17, 15) is 22.4 Å². The summed E-state index contributed by atoms with van der Waals surface area (Å²) in [4.78, 5) is 25.6. The number of aromatic amines is 1. The number of imidazole rings is 1. The lowest BCUT2D eigenvalue weighted by Gasteiger charge is -2.20. The fourth-order valence-corrected chi connectivity index (χ4v) is 4.79. The molecule has 1 atom stereocenters. The van der Waals surface area contributed by atoms with Gasteiger partial charge in [0.15, 0.2) is 5.82 Å². The Bertz CT molecular complexity index is 1650. The number of nitrogens with zero attached hydrogens (tertiary/aromatic N) is 3. The molecule has 4 aromatic rings. The molecule has 3 heterocycles. The summed E-state index contributed by atoms with van der Waals surface area (Å²) in [6.45, 7) is 3.42. The highest BCUT2D eigenvalue weighted by atomic mass is 19.4. The Labute approximate surface area is 240 Å². The first-order valence-electron chi connectivity index (χ1n) is 13.3. The van der Waals surface area contributed by atoms with Gasteiger partial charge in [0.1, 0.15) is 5.69 Å². The van der Waals surface area contributed by atoms with Gasteiger partial charge in [-0.05, 0) is 67.9 Å². The van der Waals surface area contributed by atoms with Crippen molar-refractivity contribution in [3.8, 4) is 23.4 Å². The molecule has 0 bridgehead atoms. The van der Waals surface area contributed by atoms with Crippen LogP contribution in [-0.4, -0.2) is 51.9 Å². The van der Waals surface area contributed by atoms with Crippen LogP contribution in [0.5, 0.6) is 0 Å². The minimum absolute atomic E-state index is 0.0569. The Kier molecular flexibility index (Phi) is 8.38. The molecule has 2 aromatic heterocycles. The number of H-pyrrole nitrogens is 1. The molecule has 5 rings (SSSR count). The number of hydrogen-bond acceptors (Lipinski definition) is 5. The van der Waals surface area contributed by atoms with E-state index in [2.05, 4.69) is 37.4 Å². The van der Waals surface area contributed by atoms with Gasteiger partial charge in [-0.25, -0.2) is 4.98 Å². The van der Waals surface area contributed by atoms with Crippen LogP contribution in [0.3, 0.4) is 0 Å². The summed E-state index contributed by atoms with van der Waals surface area (Å²) in [6, 6.07) is 12.5.